The third-order valence-corrected chi connectivity index (χ3v) is 8.95. The Bertz CT molecular complexity index is 1280. The van der Waals surface area contributed by atoms with Gasteiger partial charge in [-0.1, -0.05) is 184 Å². The van der Waals surface area contributed by atoms with Gasteiger partial charge in [0, 0.05) is 101 Å². The van der Waals surface area contributed by atoms with Crippen molar-refractivity contribution in [1.82, 2.24) is 42.5 Å². The van der Waals surface area contributed by atoms with Gasteiger partial charge in [-0.2, -0.15) is 0 Å². The molecule has 0 spiro atoms. The van der Waals surface area contributed by atoms with Crippen LogP contribution in [0, 0.1) is 0 Å². The average Bonchev–Trinajstić information content (AvgIpc) is 3.20. The SMILES string of the molecule is CC(C)NCCNC(C)C.CC(C)NCCOCCNC(C)C.CC(C)NCc1ccc(-c2ccc(CNC(C)C)cc2)cc1.CC(C)NCc1ccc(CNC(C)C)cc1. The van der Waals surface area contributed by atoms with Crippen LogP contribution in [0.3, 0.4) is 0 Å². The molecule has 3 rings (SSSR count). The van der Waals surface area contributed by atoms with Gasteiger partial charge in [0.1, 0.15) is 0 Å². The van der Waals surface area contributed by atoms with Gasteiger partial charge in [0.15, 0.2) is 0 Å². The summed E-state index contributed by atoms with van der Waals surface area (Å²) in [6.45, 7) is 43.9. The molecule has 0 atom stereocenters. The third-order valence-electron chi connectivity index (χ3n) is 8.95. The molecule has 0 amide bonds. The number of rotatable bonds is 26. The minimum Gasteiger partial charge on any atom is -0.379 e. The molecule has 0 aliphatic heterocycles. The summed E-state index contributed by atoms with van der Waals surface area (Å²) in [4.78, 5) is 0. The van der Waals surface area contributed by atoms with Crippen molar-refractivity contribution in [3.8, 4) is 11.1 Å². The first-order chi connectivity index (χ1) is 28.9. The summed E-state index contributed by atoms with van der Waals surface area (Å²) >= 11 is 0. The van der Waals surface area contributed by atoms with E-state index >= 15 is 0 Å². The Labute approximate surface area is 376 Å². The lowest BCUT2D eigenvalue weighted by Crippen LogP contribution is -2.34. The molecule has 9 nitrogen and oxygen atoms in total. The van der Waals surface area contributed by atoms with E-state index in [-0.39, 0.29) is 0 Å². The monoisotopic (exact) mass is 849 g/mol. The number of ether oxygens (including phenoxy) is 1. The number of benzene rings is 3. The van der Waals surface area contributed by atoms with Crippen molar-refractivity contribution in [3.63, 3.8) is 0 Å². The van der Waals surface area contributed by atoms with Crippen LogP contribution >= 0.6 is 0 Å². The van der Waals surface area contributed by atoms with Gasteiger partial charge >= 0.3 is 0 Å². The average molecular weight is 849 g/mol. The minimum absolute atomic E-state index is 0.520. The quantitative estimate of drug-likeness (QED) is 0.0376. The zero-order chi connectivity index (χ0) is 46.0. The van der Waals surface area contributed by atoms with E-state index in [0.717, 1.165) is 65.6 Å². The highest BCUT2D eigenvalue weighted by Gasteiger charge is 2.02. The van der Waals surface area contributed by atoms with Crippen LogP contribution in [-0.2, 0) is 30.9 Å². The van der Waals surface area contributed by atoms with Crippen molar-refractivity contribution in [1.29, 1.82) is 0 Å². The first-order valence-corrected chi connectivity index (χ1v) is 23.6. The molecule has 9 heteroatoms. The Morgan fingerprint density at radius 3 is 0.689 bits per heavy atom. The molecular formula is C52H96N8O. The molecule has 3 aromatic carbocycles. The Morgan fingerprint density at radius 2 is 0.475 bits per heavy atom. The summed E-state index contributed by atoms with van der Waals surface area (Å²) in [6, 6.07) is 30.9. The fraction of sp³-hybridized carbons (Fsp3) is 0.654. The van der Waals surface area contributed by atoms with Crippen LogP contribution in [0.4, 0.5) is 0 Å². The zero-order valence-corrected chi connectivity index (χ0v) is 42.0. The van der Waals surface area contributed by atoms with Crippen molar-refractivity contribution < 1.29 is 4.74 Å². The van der Waals surface area contributed by atoms with E-state index in [1.807, 2.05) is 0 Å². The molecule has 8 N–H and O–H groups in total. The summed E-state index contributed by atoms with van der Waals surface area (Å²) in [5.74, 6) is 0. The summed E-state index contributed by atoms with van der Waals surface area (Å²) in [5, 5.41) is 27.0. The van der Waals surface area contributed by atoms with Gasteiger partial charge in [0.25, 0.3) is 0 Å². The van der Waals surface area contributed by atoms with Crippen LogP contribution in [0.5, 0.6) is 0 Å². The van der Waals surface area contributed by atoms with Crippen LogP contribution in [0.15, 0.2) is 72.8 Å². The highest BCUT2D eigenvalue weighted by atomic mass is 16.5. The molecule has 0 saturated heterocycles. The first-order valence-electron chi connectivity index (χ1n) is 23.6. The number of hydrogen-bond acceptors (Lipinski definition) is 9. The van der Waals surface area contributed by atoms with Crippen molar-refractivity contribution in [2.75, 3.05) is 39.4 Å². The maximum Gasteiger partial charge on any atom is 0.0591 e. The van der Waals surface area contributed by atoms with Gasteiger partial charge < -0.3 is 47.3 Å². The molecule has 0 bridgehead atoms. The Morgan fingerprint density at radius 1 is 0.279 bits per heavy atom. The van der Waals surface area contributed by atoms with Crippen molar-refractivity contribution in [3.05, 3.63) is 95.1 Å². The second kappa shape index (κ2) is 36.8. The minimum atomic E-state index is 0.520. The molecule has 61 heavy (non-hydrogen) atoms. The smallest absolute Gasteiger partial charge is 0.0591 e. The van der Waals surface area contributed by atoms with E-state index in [1.54, 1.807) is 0 Å². The lowest BCUT2D eigenvalue weighted by atomic mass is 10.0. The largest absolute Gasteiger partial charge is 0.379 e. The second-order valence-corrected chi connectivity index (χ2v) is 18.4. The van der Waals surface area contributed by atoms with Crippen molar-refractivity contribution >= 4 is 0 Å². The van der Waals surface area contributed by atoms with E-state index in [9.17, 15) is 0 Å². The molecule has 0 saturated carbocycles. The fourth-order valence-electron chi connectivity index (χ4n) is 5.36. The van der Waals surface area contributed by atoms with Crippen LogP contribution < -0.4 is 42.5 Å². The molecule has 0 aliphatic carbocycles. The van der Waals surface area contributed by atoms with E-state index in [4.69, 9.17) is 4.74 Å². The number of hydrogen-bond donors (Lipinski definition) is 8. The highest BCUT2D eigenvalue weighted by Crippen LogP contribution is 2.20. The van der Waals surface area contributed by atoms with E-state index in [0.29, 0.717) is 48.3 Å². The normalized spacial score (nSPS) is 11.4. The lowest BCUT2D eigenvalue weighted by Gasteiger charge is -2.10. The molecule has 3 aromatic rings. The summed E-state index contributed by atoms with van der Waals surface area (Å²) in [5.41, 5.74) is 7.91. The van der Waals surface area contributed by atoms with Gasteiger partial charge in [-0.3, -0.25) is 0 Å². The second-order valence-electron chi connectivity index (χ2n) is 18.4. The number of nitrogens with one attached hydrogen (secondary N) is 8. The zero-order valence-electron chi connectivity index (χ0n) is 42.0. The molecule has 0 unspecified atom stereocenters. The summed E-state index contributed by atoms with van der Waals surface area (Å²) in [7, 11) is 0. The molecule has 0 radical (unpaired) electrons. The topological polar surface area (TPSA) is 105 Å². The molecule has 350 valence electrons. The Kier molecular flexibility index (Phi) is 35.1. The summed E-state index contributed by atoms with van der Waals surface area (Å²) < 4.78 is 5.41. The van der Waals surface area contributed by atoms with Crippen LogP contribution in [0.1, 0.15) is 133 Å². The van der Waals surface area contributed by atoms with Gasteiger partial charge in [0.05, 0.1) is 13.2 Å². The van der Waals surface area contributed by atoms with E-state index < -0.39 is 0 Å². The van der Waals surface area contributed by atoms with Gasteiger partial charge in [-0.05, 0) is 33.4 Å². The van der Waals surface area contributed by atoms with Crippen molar-refractivity contribution in [2.24, 2.45) is 0 Å². The van der Waals surface area contributed by atoms with E-state index in [2.05, 4.69) is 226 Å². The molecule has 0 aromatic heterocycles. The van der Waals surface area contributed by atoms with Crippen LogP contribution in [-0.4, -0.2) is 87.7 Å². The van der Waals surface area contributed by atoms with Crippen molar-refractivity contribution in [2.45, 2.75) is 185 Å². The standard InChI is InChI=1S/C20H28N2.C14H24N2.C10H24N2O.C8H20N2/c1-15(2)21-13-17-5-9-19(10-6-17)20-11-7-18(8-12-20)14-22-16(3)4;1-11(2)15-9-13-5-7-14(8-6-13)10-16-12(3)4;1-9(2)11-5-7-13-8-6-12-10(3)4;1-7(2)9-5-6-10-8(3)4/h5-12,15-16,21-22H,13-14H2,1-4H3;5-8,11-12,15-16H,9-10H2,1-4H3;9-12H,5-8H2,1-4H3;7-10H,5-6H2,1-4H3. The van der Waals surface area contributed by atoms with Gasteiger partial charge in [-0.15, -0.1) is 0 Å². The van der Waals surface area contributed by atoms with Crippen LogP contribution in [0.25, 0.3) is 11.1 Å². The van der Waals surface area contributed by atoms with Gasteiger partial charge in [0.2, 0.25) is 0 Å². The highest BCUT2D eigenvalue weighted by molar-refractivity contribution is 5.64. The Balaban J connectivity index is 0.000000823. The maximum atomic E-state index is 5.41. The first kappa shape index (κ1) is 58.3. The van der Waals surface area contributed by atoms with E-state index in [1.165, 1.54) is 33.4 Å². The molecule has 0 heterocycles. The maximum absolute atomic E-state index is 5.41. The van der Waals surface area contributed by atoms with Gasteiger partial charge in [-0.25, -0.2) is 0 Å². The lowest BCUT2D eigenvalue weighted by molar-refractivity contribution is 0.135. The predicted octanol–water partition coefficient (Wildman–Crippen LogP) is 9.01. The summed E-state index contributed by atoms with van der Waals surface area (Å²) in [6.07, 6.45) is 0. The molecular weight excluding hydrogens is 753 g/mol. The van der Waals surface area contributed by atoms with Crippen LogP contribution in [0.2, 0.25) is 0 Å². The predicted molar refractivity (Wildman–Crippen MR) is 270 cm³/mol. The molecule has 0 aliphatic rings. The third kappa shape index (κ3) is 37.6. The Hall–Kier alpha value is -2.70. The fourth-order valence-corrected chi connectivity index (χ4v) is 5.36. The molecule has 0 fully saturated rings.